The molecule has 1 aromatic rings. The zero-order valence-corrected chi connectivity index (χ0v) is 13.6. The predicted molar refractivity (Wildman–Crippen MR) is 83.9 cm³/mol. The molecule has 21 heavy (non-hydrogen) atoms. The first-order chi connectivity index (χ1) is 9.97. The molecule has 0 N–H and O–H groups in total. The molecule has 0 spiro atoms. The highest BCUT2D eigenvalue weighted by Crippen LogP contribution is 2.13. The van der Waals surface area contributed by atoms with Gasteiger partial charge in [-0.15, -0.1) is 0 Å². The van der Waals surface area contributed by atoms with Gasteiger partial charge in [0.15, 0.2) is 5.78 Å². The smallest absolute Gasteiger partial charge is 0.182 e. The number of carbonyl (C=O) groups excluding carboxylic acids is 1. The molecule has 0 unspecified atom stereocenters. The van der Waals surface area contributed by atoms with Gasteiger partial charge < -0.3 is 0 Å². The van der Waals surface area contributed by atoms with E-state index in [2.05, 4.69) is 37.6 Å². The van der Waals surface area contributed by atoms with Gasteiger partial charge in [-0.3, -0.25) is 14.7 Å². The molecular weight excluding hydrogens is 267 g/mol. The first-order valence-corrected chi connectivity index (χ1v) is 7.86. The molecule has 0 aliphatic carbocycles. The second-order valence-corrected chi connectivity index (χ2v) is 5.89. The molecule has 0 aliphatic heterocycles. The van der Waals surface area contributed by atoms with Crippen molar-refractivity contribution in [3.05, 3.63) is 29.8 Å². The maximum absolute atomic E-state index is 12.8. The molecule has 0 fully saturated rings. The minimum Gasteiger partial charge on any atom is -0.300 e. The Labute approximate surface area is 127 Å². The predicted octanol–water partition coefficient (Wildman–Crippen LogP) is 3.94. The van der Waals surface area contributed by atoms with Crippen molar-refractivity contribution >= 4 is 5.78 Å². The van der Waals surface area contributed by atoms with E-state index < -0.39 is 5.82 Å². The van der Waals surface area contributed by atoms with Gasteiger partial charge in [0.1, 0.15) is 11.5 Å². The molecule has 1 heterocycles. The molecule has 0 bridgehead atoms. The van der Waals surface area contributed by atoms with Gasteiger partial charge >= 0.3 is 0 Å². The van der Waals surface area contributed by atoms with Crippen molar-refractivity contribution in [3.63, 3.8) is 0 Å². The lowest BCUT2D eigenvalue weighted by atomic mass is 10.1. The Morgan fingerprint density at radius 2 is 1.95 bits per heavy atom. The number of hydrogen-bond donors (Lipinski definition) is 0. The number of Topliss-reactive ketones (excluding diaryl/α,β-unsaturated/α-hetero) is 1. The Morgan fingerprint density at radius 3 is 2.43 bits per heavy atom. The van der Waals surface area contributed by atoms with Crippen molar-refractivity contribution in [3.8, 4) is 0 Å². The van der Waals surface area contributed by atoms with E-state index in [4.69, 9.17) is 0 Å². The minimum atomic E-state index is -0.412. The van der Waals surface area contributed by atoms with Crippen LogP contribution in [0.1, 0.15) is 57.4 Å². The van der Waals surface area contributed by atoms with Crippen LogP contribution in [0.3, 0.4) is 0 Å². The van der Waals surface area contributed by atoms with Gasteiger partial charge in [-0.25, -0.2) is 4.39 Å². The summed E-state index contributed by atoms with van der Waals surface area (Å²) in [7, 11) is 0. The fourth-order valence-corrected chi connectivity index (χ4v) is 2.61. The molecule has 3 nitrogen and oxygen atoms in total. The van der Waals surface area contributed by atoms with Crippen LogP contribution in [0, 0.1) is 11.7 Å². The summed E-state index contributed by atoms with van der Waals surface area (Å²) in [6.45, 7) is 10.5. The number of hydrogen-bond acceptors (Lipinski definition) is 3. The number of pyridine rings is 1. The molecule has 0 atom stereocenters. The second kappa shape index (κ2) is 8.88. The maximum atomic E-state index is 12.8. The quantitative estimate of drug-likeness (QED) is 0.647. The highest BCUT2D eigenvalue weighted by molar-refractivity contribution is 5.94. The summed E-state index contributed by atoms with van der Waals surface area (Å²) < 4.78 is 12.8. The second-order valence-electron chi connectivity index (χ2n) is 5.89. The zero-order chi connectivity index (χ0) is 15.8. The van der Waals surface area contributed by atoms with Crippen molar-refractivity contribution in [2.75, 3.05) is 13.1 Å². The van der Waals surface area contributed by atoms with Crippen LogP contribution in [0.5, 0.6) is 0 Å². The molecule has 0 aromatic carbocycles. The number of halogens is 1. The summed E-state index contributed by atoms with van der Waals surface area (Å²) in [6.07, 6.45) is 3.71. The van der Waals surface area contributed by atoms with Gasteiger partial charge in [-0.1, -0.05) is 27.7 Å². The Bertz CT molecular complexity index is 427. The molecular formula is C17H27FN2O. The van der Waals surface area contributed by atoms with E-state index in [0.717, 1.165) is 32.1 Å². The number of ketones is 1. The lowest BCUT2D eigenvalue weighted by Crippen LogP contribution is -2.38. The van der Waals surface area contributed by atoms with E-state index in [1.54, 1.807) is 0 Å². The van der Waals surface area contributed by atoms with Gasteiger partial charge in [0, 0.05) is 25.6 Å². The van der Waals surface area contributed by atoms with E-state index >= 15 is 0 Å². The Balaban J connectivity index is 2.62. The molecule has 0 radical (unpaired) electrons. The fraction of sp³-hybridized carbons (Fsp3) is 0.647. The van der Waals surface area contributed by atoms with Crippen LogP contribution in [-0.4, -0.2) is 34.8 Å². The number of nitrogens with zero attached hydrogens (tertiary/aromatic N) is 2. The number of rotatable bonds is 9. The third kappa shape index (κ3) is 5.92. The van der Waals surface area contributed by atoms with E-state index in [-0.39, 0.29) is 5.78 Å². The average molecular weight is 294 g/mol. The van der Waals surface area contributed by atoms with Crippen LogP contribution in [0.4, 0.5) is 4.39 Å². The van der Waals surface area contributed by atoms with Crippen LogP contribution in [0.2, 0.25) is 0 Å². The van der Waals surface area contributed by atoms with Crippen LogP contribution in [0.25, 0.3) is 0 Å². The minimum absolute atomic E-state index is 0.0188. The molecule has 0 saturated carbocycles. The molecule has 0 aliphatic rings. The summed E-state index contributed by atoms with van der Waals surface area (Å²) in [5, 5.41) is 0. The largest absolute Gasteiger partial charge is 0.300 e. The molecule has 1 rings (SSSR count). The summed E-state index contributed by atoms with van der Waals surface area (Å²) in [5.41, 5.74) is 0.352. The Hall–Kier alpha value is -1.29. The van der Waals surface area contributed by atoms with Crippen molar-refractivity contribution in [2.24, 2.45) is 5.92 Å². The van der Waals surface area contributed by atoms with E-state index in [0.29, 0.717) is 24.1 Å². The molecule has 1 aromatic heterocycles. The van der Waals surface area contributed by atoms with Crippen LogP contribution in [-0.2, 0) is 0 Å². The lowest BCUT2D eigenvalue weighted by molar-refractivity contribution is 0.0932. The fourth-order valence-electron chi connectivity index (χ4n) is 2.61. The molecule has 0 amide bonds. The van der Waals surface area contributed by atoms with Gasteiger partial charge in [0.05, 0.1) is 6.20 Å². The van der Waals surface area contributed by atoms with E-state index in [1.165, 1.54) is 12.1 Å². The zero-order valence-electron chi connectivity index (χ0n) is 13.6. The highest BCUT2D eigenvalue weighted by atomic mass is 19.1. The topological polar surface area (TPSA) is 33.2 Å². The van der Waals surface area contributed by atoms with Crippen molar-refractivity contribution in [2.45, 2.75) is 53.0 Å². The van der Waals surface area contributed by atoms with Gasteiger partial charge in [-0.2, -0.15) is 0 Å². The Kier molecular flexibility index (Phi) is 7.51. The highest BCUT2D eigenvalue weighted by Gasteiger charge is 2.18. The first-order valence-electron chi connectivity index (χ1n) is 7.86. The van der Waals surface area contributed by atoms with Gasteiger partial charge in [-0.05, 0) is 30.9 Å². The number of carbonyl (C=O) groups is 1. The van der Waals surface area contributed by atoms with E-state index in [1.807, 2.05) is 0 Å². The third-order valence-electron chi connectivity index (χ3n) is 3.70. The lowest BCUT2D eigenvalue weighted by Gasteiger charge is -2.31. The summed E-state index contributed by atoms with van der Waals surface area (Å²) in [5.74, 6) is 0.143. The first kappa shape index (κ1) is 17.8. The van der Waals surface area contributed by atoms with Crippen molar-refractivity contribution in [1.82, 2.24) is 9.88 Å². The van der Waals surface area contributed by atoms with E-state index in [9.17, 15) is 9.18 Å². The standard InChI is InChI=1S/C17H27FN2O/c1-5-15(6-2)20(12-13(3)4)10-9-17(21)16-8-7-14(18)11-19-16/h7-8,11,13,15H,5-6,9-10,12H2,1-4H3. The molecule has 118 valence electrons. The SMILES string of the molecule is CCC(CC)N(CCC(=O)c1ccc(F)cn1)CC(C)C. The van der Waals surface area contributed by atoms with Crippen LogP contribution >= 0.6 is 0 Å². The average Bonchev–Trinajstić information content (AvgIpc) is 2.45. The summed E-state index contributed by atoms with van der Waals surface area (Å²) >= 11 is 0. The molecule has 0 saturated heterocycles. The van der Waals surface area contributed by atoms with Crippen LogP contribution in [0.15, 0.2) is 18.3 Å². The summed E-state index contributed by atoms with van der Waals surface area (Å²) in [4.78, 5) is 18.4. The molecule has 4 heteroatoms. The van der Waals surface area contributed by atoms with Gasteiger partial charge in [0.2, 0.25) is 0 Å². The summed E-state index contributed by atoms with van der Waals surface area (Å²) in [6, 6.07) is 3.26. The normalized spacial score (nSPS) is 11.6. The number of aromatic nitrogens is 1. The van der Waals surface area contributed by atoms with Crippen LogP contribution < -0.4 is 0 Å². The third-order valence-corrected chi connectivity index (χ3v) is 3.70. The maximum Gasteiger partial charge on any atom is 0.182 e. The van der Waals surface area contributed by atoms with Gasteiger partial charge in [0.25, 0.3) is 0 Å². The Morgan fingerprint density at radius 1 is 1.29 bits per heavy atom. The van der Waals surface area contributed by atoms with Crippen molar-refractivity contribution in [1.29, 1.82) is 0 Å². The van der Waals surface area contributed by atoms with Crippen molar-refractivity contribution < 1.29 is 9.18 Å². The monoisotopic (exact) mass is 294 g/mol.